The highest BCUT2D eigenvalue weighted by Gasteiger charge is 2.25. The lowest BCUT2D eigenvalue weighted by molar-refractivity contribution is -0.129. The summed E-state index contributed by atoms with van der Waals surface area (Å²) in [4.78, 5) is 17.1. The van der Waals surface area contributed by atoms with Crippen LogP contribution < -0.4 is 9.47 Å². The number of aliphatic imine (C=N–C) groups is 1. The van der Waals surface area contributed by atoms with E-state index in [2.05, 4.69) is 20.9 Å². The minimum Gasteiger partial charge on any atom is -0.490 e. The second-order valence-corrected chi connectivity index (χ2v) is 9.37. The molecule has 0 saturated carbocycles. The van der Waals surface area contributed by atoms with Gasteiger partial charge in [0.2, 0.25) is 5.90 Å². The first-order valence-corrected chi connectivity index (χ1v) is 12.5. The molecular formula is C29H21BrClNO4. The molecule has 0 spiro atoms. The van der Waals surface area contributed by atoms with E-state index < -0.39 is 5.97 Å². The third-order valence-electron chi connectivity index (χ3n) is 5.52. The van der Waals surface area contributed by atoms with E-state index in [1.807, 2.05) is 85.8 Å². The molecule has 7 heteroatoms. The zero-order chi connectivity index (χ0) is 25.1. The lowest BCUT2D eigenvalue weighted by Crippen LogP contribution is -2.05. The maximum absolute atomic E-state index is 12.6. The monoisotopic (exact) mass is 561 g/mol. The van der Waals surface area contributed by atoms with Crippen LogP contribution in [0.3, 0.4) is 0 Å². The van der Waals surface area contributed by atoms with Gasteiger partial charge in [-0.05, 0) is 87.2 Å². The largest absolute Gasteiger partial charge is 0.490 e. The van der Waals surface area contributed by atoms with Crippen molar-refractivity contribution in [1.82, 2.24) is 0 Å². The summed E-state index contributed by atoms with van der Waals surface area (Å²) in [6.45, 7) is 2.67. The lowest BCUT2D eigenvalue weighted by Gasteiger charge is -2.15. The molecule has 0 bridgehead atoms. The summed E-state index contributed by atoms with van der Waals surface area (Å²) < 4.78 is 18.0. The molecule has 0 aliphatic carbocycles. The smallest absolute Gasteiger partial charge is 0.363 e. The zero-order valence-electron chi connectivity index (χ0n) is 19.3. The highest BCUT2D eigenvalue weighted by molar-refractivity contribution is 9.10. The van der Waals surface area contributed by atoms with Crippen LogP contribution in [0.2, 0.25) is 5.02 Å². The highest BCUT2D eigenvalue weighted by Crippen LogP contribution is 2.38. The van der Waals surface area contributed by atoms with Crippen molar-refractivity contribution >= 4 is 56.2 Å². The summed E-state index contributed by atoms with van der Waals surface area (Å²) in [5.41, 5.74) is 2.61. The van der Waals surface area contributed by atoms with Gasteiger partial charge in [0, 0.05) is 10.6 Å². The molecule has 0 atom stereocenters. The van der Waals surface area contributed by atoms with E-state index >= 15 is 0 Å². The molecule has 0 radical (unpaired) electrons. The molecular weight excluding hydrogens is 542 g/mol. The van der Waals surface area contributed by atoms with E-state index in [1.54, 1.807) is 6.08 Å². The number of cyclic esters (lactones) is 1. The van der Waals surface area contributed by atoms with Gasteiger partial charge in [0.1, 0.15) is 6.61 Å². The van der Waals surface area contributed by atoms with E-state index in [0.717, 1.165) is 27.5 Å². The molecule has 5 nitrogen and oxygen atoms in total. The average Bonchev–Trinajstić information content (AvgIpc) is 3.23. The first kappa shape index (κ1) is 24.1. The van der Waals surface area contributed by atoms with Gasteiger partial charge < -0.3 is 14.2 Å². The van der Waals surface area contributed by atoms with Crippen molar-refractivity contribution in [2.75, 3.05) is 6.61 Å². The summed E-state index contributed by atoms with van der Waals surface area (Å²) in [5, 5.41) is 2.80. The van der Waals surface area contributed by atoms with Gasteiger partial charge in [-0.1, -0.05) is 54.1 Å². The minimum atomic E-state index is -0.506. The number of rotatable bonds is 7. The van der Waals surface area contributed by atoms with E-state index in [9.17, 15) is 4.79 Å². The molecule has 0 aromatic heterocycles. The topological polar surface area (TPSA) is 57.1 Å². The Morgan fingerprint density at radius 2 is 1.81 bits per heavy atom. The van der Waals surface area contributed by atoms with Crippen LogP contribution in [0.5, 0.6) is 11.5 Å². The summed E-state index contributed by atoms with van der Waals surface area (Å²) in [5.74, 6) is 0.885. The maximum atomic E-state index is 12.6. The van der Waals surface area contributed by atoms with Crippen molar-refractivity contribution in [2.24, 2.45) is 4.99 Å². The second kappa shape index (κ2) is 10.6. The second-order valence-electron chi connectivity index (χ2n) is 8.08. The fourth-order valence-corrected chi connectivity index (χ4v) is 4.66. The Balaban J connectivity index is 1.42. The molecule has 4 aromatic rings. The van der Waals surface area contributed by atoms with Crippen LogP contribution in [0.25, 0.3) is 16.8 Å². The summed E-state index contributed by atoms with van der Waals surface area (Å²) in [6.07, 6.45) is 1.67. The Bertz CT molecular complexity index is 1530. The Hall–Kier alpha value is -3.61. The number of carbonyl (C=O) groups excluding carboxylic acids is 1. The number of hydrogen-bond donors (Lipinski definition) is 0. The highest BCUT2D eigenvalue weighted by atomic mass is 79.9. The molecule has 0 amide bonds. The van der Waals surface area contributed by atoms with Gasteiger partial charge >= 0.3 is 5.97 Å². The molecule has 1 aliphatic rings. The van der Waals surface area contributed by atoms with Crippen molar-refractivity contribution in [2.45, 2.75) is 13.5 Å². The van der Waals surface area contributed by atoms with E-state index in [-0.39, 0.29) is 11.6 Å². The summed E-state index contributed by atoms with van der Waals surface area (Å²) >= 11 is 9.66. The van der Waals surface area contributed by atoms with Crippen molar-refractivity contribution in [3.8, 4) is 11.5 Å². The number of esters is 1. The number of carbonyl (C=O) groups is 1. The molecule has 180 valence electrons. The van der Waals surface area contributed by atoms with Gasteiger partial charge in [-0.15, -0.1) is 0 Å². The van der Waals surface area contributed by atoms with Crippen molar-refractivity contribution in [3.05, 3.63) is 111 Å². The Morgan fingerprint density at radius 3 is 2.61 bits per heavy atom. The van der Waals surface area contributed by atoms with Gasteiger partial charge in [-0.2, -0.15) is 0 Å². The van der Waals surface area contributed by atoms with Gasteiger partial charge in [0.05, 0.1) is 11.1 Å². The number of halogens is 2. The lowest BCUT2D eigenvalue weighted by atomic mass is 10.1. The SMILES string of the molecule is CCOc1cc(/C=C2\N=C(c3ccc4ccccc4c3)OC2=O)cc(Br)c1OCc1cccc(Cl)c1. The first-order valence-electron chi connectivity index (χ1n) is 11.4. The van der Waals surface area contributed by atoms with Crippen LogP contribution in [0.1, 0.15) is 23.6 Å². The van der Waals surface area contributed by atoms with Crippen LogP contribution in [-0.4, -0.2) is 18.5 Å². The Kier molecular flexibility index (Phi) is 7.07. The third kappa shape index (κ3) is 5.30. The standard InChI is InChI=1S/C29H21BrClNO4/c1-2-34-26-15-19(13-24(30)27(26)35-17-18-6-5-9-23(31)12-18)14-25-29(33)36-28(32-25)22-11-10-20-7-3-4-8-21(20)16-22/h3-16H,2,17H2,1H3/b25-14-. The zero-order valence-corrected chi connectivity index (χ0v) is 21.7. The van der Waals surface area contributed by atoms with E-state index in [4.69, 9.17) is 25.8 Å². The molecule has 36 heavy (non-hydrogen) atoms. The first-order chi connectivity index (χ1) is 17.5. The van der Waals surface area contributed by atoms with Crippen molar-refractivity contribution in [1.29, 1.82) is 0 Å². The molecule has 1 heterocycles. The van der Waals surface area contributed by atoms with Crippen molar-refractivity contribution < 1.29 is 19.0 Å². The van der Waals surface area contributed by atoms with Gasteiger partial charge in [-0.25, -0.2) is 9.79 Å². The molecule has 0 unspecified atom stereocenters. The van der Waals surface area contributed by atoms with Crippen LogP contribution in [0.15, 0.2) is 94.0 Å². The molecule has 4 aromatic carbocycles. The van der Waals surface area contributed by atoms with E-state index in [0.29, 0.717) is 34.2 Å². The summed E-state index contributed by atoms with van der Waals surface area (Å²) in [6, 6.07) is 25.0. The Morgan fingerprint density at radius 1 is 0.972 bits per heavy atom. The maximum Gasteiger partial charge on any atom is 0.363 e. The Labute approximate surface area is 222 Å². The summed E-state index contributed by atoms with van der Waals surface area (Å²) in [7, 11) is 0. The average molecular weight is 563 g/mol. The number of benzene rings is 4. The van der Waals surface area contributed by atoms with Crippen LogP contribution >= 0.6 is 27.5 Å². The number of fused-ring (bicyclic) bond motifs is 1. The van der Waals surface area contributed by atoms with Crippen LogP contribution in [0.4, 0.5) is 0 Å². The fraction of sp³-hybridized carbons (Fsp3) is 0.103. The van der Waals surface area contributed by atoms with Crippen molar-refractivity contribution in [3.63, 3.8) is 0 Å². The predicted octanol–water partition coefficient (Wildman–Crippen LogP) is 7.58. The predicted molar refractivity (Wildman–Crippen MR) is 146 cm³/mol. The van der Waals surface area contributed by atoms with Crippen LogP contribution in [-0.2, 0) is 16.1 Å². The number of nitrogens with zero attached hydrogens (tertiary/aromatic N) is 1. The number of hydrogen-bond acceptors (Lipinski definition) is 5. The quantitative estimate of drug-likeness (QED) is 0.172. The molecule has 0 saturated heterocycles. The molecule has 1 aliphatic heterocycles. The molecule has 5 rings (SSSR count). The third-order valence-corrected chi connectivity index (χ3v) is 6.35. The van der Waals surface area contributed by atoms with Gasteiger partial charge in [0.15, 0.2) is 17.2 Å². The number of ether oxygens (including phenoxy) is 3. The minimum absolute atomic E-state index is 0.208. The molecule has 0 fully saturated rings. The van der Waals surface area contributed by atoms with Gasteiger partial charge in [0.25, 0.3) is 0 Å². The normalized spacial score (nSPS) is 14.1. The fourth-order valence-electron chi connectivity index (χ4n) is 3.87. The van der Waals surface area contributed by atoms with E-state index in [1.165, 1.54) is 0 Å². The molecule has 0 N–H and O–H groups in total. The van der Waals surface area contributed by atoms with Crippen LogP contribution in [0, 0.1) is 0 Å². The van der Waals surface area contributed by atoms with Gasteiger partial charge in [-0.3, -0.25) is 0 Å².